The van der Waals surface area contributed by atoms with Crippen molar-refractivity contribution >= 4 is 23.4 Å². The monoisotopic (exact) mass is 259 g/mol. The lowest BCUT2D eigenvalue weighted by Crippen LogP contribution is -2.22. The van der Waals surface area contributed by atoms with Gasteiger partial charge in [0.25, 0.3) is 0 Å². The summed E-state index contributed by atoms with van der Waals surface area (Å²) in [6.07, 6.45) is 1.01. The van der Waals surface area contributed by atoms with Crippen LogP contribution >= 0.6 is 23.4 Å². The van der Waals surface area contributed by atoms with E-state index in [1.165, 1.54) is 6.07 Å². The number of fused-ring (bicyclic) bond motifs is 1. The van der Waals surface area contributed by atoms with Crippen molar-refractivity contribution in [3.63, 3.8) is 0 Å². The molecule has 0 bridgehead atoms. The second-order valence-electron chi connectivity index (χ2n) is 3.87. The molecular weight excluding hydrogens is 245 g/mol. The average molecular weight is 260 g/mol. The third kappa shape index (κ3) is 2.36. The van der Waals surface area contributed by atoms with Gasteiger partial charge in [-0.05, 0) is 36.4 Å². The van der Waals surface area contributed by atoms with Gasteiger partial charge >= 0.3 is 0 Å². The molecule has 2 rings (SSSR count). The standard InChI is InChI=1S/C12H15ClFNS/c1-2-15-11-5-6-16-7-8-10(14)4-3-9(13)12(8)11/h3-4,11,15H,2,5-7H2,1H3. The van der Waals surface area contributed by atoms with E-state index in [4.69, 9.17) is 11.6 Å². The fourth-order valence-corrected chi connectivity index (χ4v) is 3.46. The molecule has 0 fully saturated rings. The van der Waals surface area contributed by atoms with Crippen molar-refractivity contribution in [3.05, 3.63) is 34.1 Å². The zero-order valence-electron chi connectivity index (χ0n) is 9.22. The van der Waals surface area contributed by atoms with Gasteiger partial charge in [0.05, 0.1) is 0 Å². The van der Waals surface area contributed by atoms with Crippen LogP contribution in [0.3, 0.4) is 0 Å². The van der Waals surface area contributed by atoms with Gasteiger partial charge in [-0.15, -0.1) is 0 Å². The molecule has 1 atom stereocenters. The zero-order valence-corrected chi connectivity index (χ0v) is 10.8. The molecule has 0 spiro atoms. The predicted octanol–water partition coefficient (Wildman–Crippen LogP) is 3.77. The van der Waals surface area contributed by atoms with Crippen molar-refractivity contribution in [1.82, 2.24) is 5.32 Å². The van der Waals surface area contributed by atoms with Crippen molar-refractivity contribution in [3.8, 4) is 0 Å². The maximum absolute atomic E-state index is 13.7. The Hall–Kier alpha value is -0.250. The summed E-state index contributed by atoms with van der Waals surface area (Å²) in [4.78, 5) is 0. The molecule has 0 aliphatic carbocycles. The van der Waals surface area contributed by atoms with E-state index in [0.717, 1.165) is 35.6 Å². The predicted molar refractivity (Wildman–Crippen MR) is 68.6 cm³/mol. The van der Waals surface area contributed by atoms with Gasteiger partial charge in [0.2, 0.25) is 0 Å². The lowest BCUT2D eigenvalue weighted by Gasteiger charge is -2.19. The summed E-state index contributed by atoms with van der Waals surface area (Å²) in [5, 5.41) is 4.07. The fraction of sp³-hybridized carbons (Fsp3) is 0.500. The Kier molecular flexibility index (Phi) is 4.11. The van der Waals surface area contributed by atoms with Crippen LogP contribution in [0, 0.1) is 5.82 Å². The molecule has 0 saturated heterocycles. The number of nitrogens with one attached hydrogen (secondary N) is 1. The summed E-state index contributed by atoms with van der Waals surface area (Å²) in [6, 6.07) is 3.32. The fourth-order valence-electron chi connectivity index (χ4n) is 2.10. The van der Waals surface area contributed by atoms with E-state index in [1.54, 1.807) is 17.8 Å². The van der Waals surface area contributed by atoms with Gasteiger partial charge in [-0.1, -0.05) is 18.5 Å². The maximum atomic E-state index is 13.7. The maximum Gasteiger partial charge on any atom is 0.127 e. The molecule has 1 heterocycles. The van der Waals surface area contributed by atoms with Crippen LogP contribution in [-0.4, -0.2) is 12.3 Å². The molecule has 1 aromatic rings. The Balaban J connectivity index is 2.46. The molecule has 0 radical (unpaired) electrons. The minimum absolute atomic E-state index is 0.128. The van der Waals surface area contributed by atoms with E-state index in [2.05, 4.69) is 12.2 Å². The minimum Gasteiger partial charge on any atom is -0.310 e. The van der Waals surface area contributed by atoms with Gasteiger partial charge in [-0.25, -0.2) is 4.39 Å². The number of hydrogen-bond donors (Lipinski definition) is 1. The van der Waals surface area contributed by atoms with Crippen molar-refractivity contribution < 1.29 is 4.39 Å². The van der Waals surface area contributed by atoms with Gasteiger partial charge in [0.15, 0.2) is 0 Å². The van der Waals surface area contributed by atoms with Gasteiger partial charge in [0.1, 0.15) is 5.82 Å². The van der Waals surface area contributed by atoms with E-state index < -0.39 is 0 Å². The number of hydrogen-bond acceptors (Lipinski definition) is 2. The lowest BCUT2D eigenvalue weighted by atomic mass is 9.98. The molecule has 1 aliphatic heterocycles. The van der Waals surface area contributed by atoms with E-state index in [9.17, 15) is 4.39 Å². The van der Waals surface area contributed by atoms with Crippen LogP contribution in [0.15, 0.2) is 12.1 Å². The molecular formula is C12H15ClFNS. The Labute approximate surface area is 105 Å². The quantitative estimate of drug-likeness (QED) is 0.868. The van der Waals surface area contributed by atoms with Gasteiger partial charge < -0.3 is 5.32 Å². The highest BCUT2D eigenvalue weighted by Gasteiger charge is 2.23. The number of halogens is 2. The molecule has 16 heavy (non-hydrogen) atoms. The van der Waals surface area contributed by atoms with Gasteiger partial charge in [-0.2, -0.15) is 11.8 Å². The van der Waals surface area contributed by atoms with Crippen LogP contribution < -0.4 is 5.32 Å². The van der Waals surface area contributed by atoms with Crippen LogP contribution in [0.5, 0.6) is 0 Å². The van der Waals surface area contributed by atoms with E-state index >= 15 is 0 Å². The van der Waals surface area contributed by atoms with Crippen molar-refractivity contribution in [2.75, 3.05) is 12.3 Å². The molecule has 4 heteroatoms. The second-order valence-corrected chi connectivity index (χ2v) is 5.39. The van der Waals surface area contributed by atoms with E-state index in [-0.39, 0.29) is 11.9 Å². The first kappa shape index (κ1) is 12.2. The summed E-state index contributed by atoms with van der Waals surface area (Å²) in [6.45, 7) is 2.94. The first-order chi connectivity index (χ1) is 7.74. The van der Waals surface area contributed by atoms with Crippen LogP contribution in [0.1, 0.15) is 30.5 Å². The van der Waals surface area contributed by atoms with Gasteiger partial charge in [-0.3, -0.25) is 0 Å². The zero-order chi connectivity index (χ0) is 11.5. The molecule has 1 aromatic carbocycles. The molecule has 88 valence electrons. The highest BCUT2D eigenvalue weighted by Crippen LogP contribution is 2.36. The van der Waals surface area contributed by atoms with Gasteiger partial charge in [0, 0.05) is 22.4 Å². The van der Waals surface area contributed by atoms with E-state index in [0.29, 0.717) is 5.02 Å². The summed E-state index contributed by atoms with van der Waals surface area (Å²) >= 11 is 7.97. The SMILES string of the molecule is CCNC1CCSCc2c(F)ccc(Cl)c21. The normalized spacial score (nSPS) is 20.3. The van der Waals surface area contributed by atoms with E-state index in [1.807, 2.05) is 0 Å². The molecule has 0 amide bonds. The summed E-state index contributed by atoms with van der Waals surface area (Å²) < 4.78 is 13.7. The number of rotatable bonds is 2. The molecule has 1 nitrogen and oxygen atoms in total. The van der Waals surface area contributed by atoms with Crippen LogP contribution in [0.4, 0.5) is 4.39 Å². The van der Waals surface area contributed by atoms with Crippen LogP contribution in [0.25, 0.3) is 0 Å². The number of thioether (sulfide) groups is 1. The minimum atomic E-state index is -0.128. The Morgan fingerprint density at radius 1 is 1.56 bits per heavy atom. The molecule has 0 aromatic heterocycles. The van der Waals surface area contributed by atoms with Crippen molar-refractivity contribution in [2.24, 2.45) is 0 Å². The average Bonchev–Trinajstić information content (AvgIpc) is 2.48. The Morgan fingerprint density at radius 2 is 2.38 bits per heavy atom. The smallest absolute Gasteiger partial charge is 0.127 e. The molecule has 0 saturated carbocycles. The summed E-state index contributed by atoms with van der Waals surface area (Å²) in [7, 11) is 0. The lowest BCUT2D eigenvalue weighted by molar-refractivity contribution is 0.533. The second kappa shape index (κ2) is 5.39. The van der Waals surface area contributed by atoms with Crippen LogP contribution in [0.2, 0.25) is 5.02 Å². The first-order valence-electron chi connectivity index (χ1n) is 5.52. The molecule has 1 unspecified atom stereocenters. The third-order valence-electron chi connectivity index (χ3n) is 2.84. The largest absolute Gasteiger partial charge is 0.310 e. The van der Waals surface area contributed by atoms with Crippen LogP contribution in [-0.2, 0) is 5.75 Å². The van der Waals surface area contributed by atoms with Crippen molar-refractivity contribution in [2.45, 2.75) is 25.1 Å². The highest BCUT2D eigenvalue weighted by molar-refractivity contribution is 7.98. The Morgan fingerprint density at radius 3 is 3.12 bits per heavy atom. The number of benzene rings is 1. The summed E-state index contributed by atoms with van der Waals surface area (Å²) in [5.74, 6) is 1.64. The molecule has 1 aliphatic rings. The molecule has 1 N–H and O–H groups in total. The third-order valence-corrected chi connectivity index (χ3v) is 4.19. The Bertz CT molecular complexity index is 384. The topological polar surface area (TPSA) is 12.0 Å². The van der Waals surface area contributed by atoms with Crippen molar-refractivity contribution in [1.29, 1.82) is 0 Å². The first-order valence-corrected chi connectivity index (χ1v) is 7.05. The highest BCUT2D eigenvalue weighted by atomic mass is 35.5. The summed E-state index contributed by atoms with van der Waals surface area (Å²) in [5.41, 5.74) is 1.74.